The number of hydrogen-bond donors (Lipinski definition) is 3. The molecule has 0 saturated heterocycles. The van der Waals surface area contributed by atoms with Crippen molar-refractivity contribution in [2.75, 3.05) is 23.3 Å². The minimum atomic E-state index is -0.636. The van der Waals surface area contributed by atoms with Crippen LogP contribution in [0.15, 0.2) is 66.7 Å². The molecule has 37 heavy (non-hydrogen) atoms. The molecule has 0 saturated carbocycles. The monoisotopic (exact) mass is 502 g/mol. The SMILES string of the molecule is Cc1ccc(C2CC(=O)Nc3cc(C(=O)NCC(C)(C)CN)ccc3N2C(=O)c2cccc(F)c2)cc1. The van der Waals surface area contributed by atoms with Crippen molar-refractivity contribution < 1.29 is 18.8 Å². The quantitative estimate of drug-likeness (QED) is 0.459. The molecule has 1 unspecified atom stereocenters. The number of nitrogens with two attached hydrogens (primary N) is 1. The van der Waals surface area contributed by atoms with Gasteiger partial charge in [0.1, 0.15) is 5.82 Å². The largest absolute Gasteiger partial charge is 0.351 e. The van der Waals surface area contributed by atoms with Gasteiger partial charge in [-0.25, -0.2) is 4.39 Å². The molecule has 1 aliphatic rings. The van der Waals surface area contributed by atoms with Gasteiger partial charge in [0.15, 0.2) is 0 Å². The molecule has 4 N–H and O–H groups in total. The molecular weight excluding hydrogens is 471 g/mol. The Kier molecular flexibility index (Phi) is 7.40. The summed E-state index contributed by atoms with van der Waals surface area (Å²) in [6.07, 6.45) is -0.00891. The van der Waals surface area contributed by atoms with E-state index in [1.165, 1.54) is 23.1 Å². The Morgan fingerprint density at radius 1 is 1.08 bits per heavy atom. The van der Waals surface area contributed by atoms with Gasteiger partial charge in [-0.1, -0.05) is 49.7 Å². The summed E-state index contributed by atoms with van der Waals surface area (Å²) in [4.78, 5) is 41.2. The van der Waals surface area contributed by atoms with E-state index in [0.29, 0.717) is 30.0 Å². The zero-order chi connectivity index (χ0) is 26.7. The average Bonchev–Trinajstić information content (AvgIpc) is 3.02. The predicted molar refractivity (Wildman–Crippen MR) is 142 cm³/mol. The minimum absolute atomic E-state index is 0.00891. The van der Waals surface area contributed by atoms with Crippen LogP contribution in [-0.2, 0) is 4.79 Å². The van der Waals surface area contributed by atoms with Crippen molar-refractivity contribution in [3.05, 3.63) is 94.8 Å². The first-order chi connectivity index (χ1) is 17.6. The molecule has 0 bridgehead atoms. The average molecular weight is 503 g/mol. The van der Waals surface area contributed by atoms with Crippen LogP contribution in [-0.4, -0.2) is 30.8 Å². The summed E-state index contributed by atoms with van der Waals surface area (Å²) in [5, 5.41) is 5.73. The molecule has 0 radical (unpaired) electrons. The lowest BCUT2D eigenvalue weighted by molar-refractivity contribution is -0.116. The summed E-state index contributed by atoms with van der Waals surface area (Å²) < 4.78 is 14.0. The van der Waals surface area contributed by atoms with Crippen LogP contribution in [0.1, 0.15) is 58.2 Å². The van der Waals surface area contributed by atoms with E-state index in [1.54, 1.807) is 24.3 Å². The molecule has 3 aromatic rings. The smallest absolute Gasteiger partial charge is 0.259 e. The fourth-order valence-electron chi connectivity index (χ4n) is 4.18. The third-order valence-electron chi connectivity index (χ3n) is 6.52. The van der Waals surface area contributed by atoms with Gasteiger partial charge in [-0.15, -0.1) is 0 Å². The van der Waals surface area contributed by atoms with E-state index in [0.717, 1.165) is 11.1 Å². The zero-order valence-corrected chi connectivity index (χ0v) is 21.2. The maximum atomic E-state index is 14.0. The molecule has 3 aromatic carbocycles. The maximum Gasteiger partial charge on any atom is 0.259 e. The number of amides is 3. The first-order valence-corrected chi connectivity index (χ1v) is 12.2. The van der Waals surface area contributed by atoms with Crippen LogP contribution in [0.25, 0.3) is 0 Å². The second kappa shape index (κ2) is 10.5. The highest BCUT2D eigenvalue weighted by molar-refractivity contribution is 6.12. The summed E-state index contributed by atoms with van der Waals surface area (Å²) in [6.45, 7) is 6.64. The Balaban J connectivity index is 1.78. The molecule has 0 spiro atoms. The number of fused-ring (bicyclic) bond motifs is 1. The molecule has 0 aromatic heterocycles. The highest BCUT2D eigenvalue weighted by Gasteiger charge is 2.34. The van der Waals surface area contributed by atoms with Gasteiger partial charge in [-0.05, 0) is 60.8 Å². The Hall–Kier alpha value is -4.04. The van der Waals surface area contributed by atoms with E-state index in [9.17, 15) is 18.8 Å². The van der Waals surface area contributed by atoms with Crippen molar-refractivity contribution in [1.82, 2.24) is 5.32 Å². The van der Waals surface area contributed by atoms with Crippen LogP contribution in [0.5, 0.6) is 0 Å². The van der Waals surface area contributed by atoms with Crippen LogP contribution >= 0.6 is 0 Å². The van der Waals surface area contributed by atoms with E-state index in [4.69, 9.17) is 5.73 Å². The number of halogens is 1. The molecule has 0 fully saturated rings. The normalized spacial score (nSPS) is 15.4. The van der Waals surface area contributed by atoms with Crippen LogP contribution in [0.2, 0.25) is 0 Å². The number of rotatable bonds is 6. The lowest BCUT2D eigenvalue weighted by atomic mass is 9.94. The van der Waals surface area contributed by atoms with Gasteiger partial charge in [0.2, 0.25) is 5.91 Å². The number of nitrogens with one attached hydrogen (secondary N) is 2. The van der Waals surface area contributed by atoms with Gasteiger partial charge in [0.25, 0.3) is 11.8 Å². The first kappa shape index (κ1) is 26.0. The van der Waals surface area contributed by atoms with Crippen LogP contribution in [0.4, 0.5) is 15.8 Å². The zero-order valence-electron chi connectivity index (χ0n) is 21.2. The predicted octanol–water partition coefficient (Wildman–Crippen LogP) is 4.58. The molecule has 4 rings (SSSR count). The Labute approximate surface area is 215 Å². The van der Waals surface area contributed by atoms with E-state index in [-0.39, 0.29) is 29.2 Å². The van der Waals surface area contributed by atoms with Gasteiger partial charge in [-0.2, -0.15) is 0 Å². The van der Waals surface area contributed by atoms with Crippen molar-refractivity contribution >= 4 is 29.1 Å². The molecule has 192 valence electrons. The van der Waals surface area contributed by atoms with Crippen molar-refractivity contribution in [1.29, 1.82) is 0 Å². The van der Waals surface area contributed by atoms with Crippen molar-refractivity contribution in [2.45, 2.75) is 33.2 Å². The van der Waals surface area contributed by atoms with Crippen molar-refractivity contribution in [3.63, 3.8) is 0 Å². The van der Waals surface area contributed by atoms with Gasteiger partial charge in [0.05, 0.1) is 23.8 Å². The summed E-state index contributed by atoms with van der Waals surface area (Å²) in [5.41, 5.74) is 8.54. The third kappa shape index (κ3) is 5.86. The minimum Gasteiger partial charge on any atom is -0.351 e. The van der Waals surface area contributed by atoms with E-state index >= 15 is 0 Å². The molecule has 1 atom stereocenters. The highest BCUT2D eigenvalue weighted by atomic mass is 19.1. The lowest BCUT2D eigenvalue weighted by Gasteiger charge is -2.31. The standard InChI is InChI=1S/C29H31FN4O3/c1-18-7-9-19(10-8-18)25-15-26(35)33-23-14-20(27(36)32-17-29(2,3)16-31)11-12-24(23)34(25)28(37)21-5-4-6-22(30)13-21/h4-14,25H,15-17,31H2,1-3H3,(H,32,36)(H,33,35). The molecule has 8 heteroatoms. The second-order valence-electron chi connectivity index (χ2n) is 10.1. The second-order valence-corrected chi connectivity index (χ2v) is 10.1. The van der Waals surface area contributed by atoms with E-state index in [2.05, 4.69) is 10.6 Å². The number of carbonyl (C=O) groups is 3. The number of anilines is 2. The Bertz CT molecular complexity index is 1340. The van der Waals surface area contributed by atoms with Crippen LogP contribution < -0.4 is 21.3 Å². The third-order valence-corrected chi connectivity index (χ3v) is 6.52. The lowest BCUT2D eigenvalue weighted by Crippen LogP contribution is -2.38. The number of benzene rings is 3. The van der Waals surface area contributed by atoms with Crippen molar-refractivity contribution in [2.24, 2.45) is 11.1 Å². The Morgan fingerprint density at radius 3 is 2.49 bits per heavy atom. The molecule has 3 amide bonds. The number of hydrogen-bond acceptors (Lipinski definition) is 4. The number of carbonyl (C=O) groups excluding carboxylic acids is 3. The Morgan fingerprint density at radius 2 is 1.81 bits per heavy atom. The van der Waals surface area contributed by atoms with Gasteiger partial charge >= 0.3 is 0 Å². The molecule has 1 heterocycles. The highest BCUT2D eigenvalue weighted by Crippen LogP contribution is 2.39. The summed E-state index contributed by atoms with van der Waals surface area (Å²) in [7, 11) is 0. The summed E-state index contributed by atoms with van der Waals surface area (Å²) in [6, 6.07) is 17.2. The maximum absolute atomic E-state index is 14.0. The molecular formula is C29H31FN4O3. The molecule has 0 aliphatic carbocycles. The number of aryl methyl sites for hydroxylation is 1. The molecule has 7 nitrogen and oxygen atoms in total. The molecule has 1 aliphatic heterocycles. The van der Waals surface area contributed by atoms with Crippen LogP contribution in [0, 0.1) is 18.2 Å². The fourth-order valence-corrected chi connectivity index (χ4v) is 4.18. The van der Waals surface area contributed by atoms with Gasteiger partial charge in [0, 0.05) is 17.7 Å². The first-order valence-electron chi connectivity index (χ1n) is 12.2. The number of nitrogens with zero attached hydrogens (tertiary/aromatic N) is 1. The van der Waals surface area contributed by atoms with Crippen molar-refractivity contribution in [3.8, 4) is 0 Å². The summed E-state index contributed by atoms with van der Waals surface area (Å²) in [5.74, 6) is -1.61. The topological polar surface area (TPSA) is 105 Å². The van der Waals surface area contributed by atoms with Gasteiger partial charge in [-0.3, -0.25) is 19.3 Å². The van der Waals surface area contributed by atoms with E-state index < -0.39 is 17.8 Å². The van der Waals surface area contributed by atoms with Crippen LogP contribution in [0.3, 0.4) is 0 Å². The summed E-state index contributed by atoms with van der Waals surface area (Å²) >= 11 is 0. The fraction of sp³-hybridized carbons (Fsp3) is 0.276. The van der Waals surface area contributed by atoms with Gasteiger partial charge < -0.3 is 16.4 Å². The van der Waals surface area contributed by atoms with E-state index in [1.807, 2.05) is 45.0 Å².